The molecule has 6 nitrogen and oxygen atoms in total. The predicted molar refractivity (Wildman–Crippen MR) is 94.7 cm³/mol. The number of aromatic nitrogens is 1. The quantitative estimate of drug-likeness (QED) is 0.608. The Kier molecular flexibility index (Phi) is 4.56. The van der Waals surface area contributed by atoms with Gasteiger partial charge in [-0.3, -0.25) is 4.79 Å². The number of fused-ring (bicyclic) bond motifs is 1. The molecule has 3 aromatic rings. The van der Waals surface area contributed by atoms with Crippen LogP contribution >= 0.6 is 11.8 Å². The number of carbonyl (C=O) groups excluding carboxylic acids is 2. The van der Waals surface area contributed by atoms with Crippen LogP contribution < -0.4 is 11.1 Å². The highest BCUT2D eigenvalue weighted by Crippen LogP contribution is 2.37. The number of aromatic hydroxyl groups is 1. The summed E-state index contributed by atoms with van der Waals surface area (Å²) in [4.78, 5) is 25.0. The van der Waals surface area contributed by atoms with E-state index in [2.05, 4.69) is 5.32 Å². The maximum atomic E-state index is 13.8. The molecule has 2 amide bonds. The molecule has 4 N–H and O–H groups in total. The number of halogens is 2. The van der Waals surface area contributed by atoms with Crippen molar-refractivity contribution < 1.29 is 23.5 Å². The van der Waals surface area contributed by atoms with E-state index in [1.54, 1.807) is 18.4 Å². The lowest BCUT2D eigenvalue weighted by atomic mass is 10.1. The molecule has 0 aliphatic heterocycles. The smallest absolute Gasteiger partial charge is 0.326 e. The summed E-state index contributed by atoms with van der Waals surface area (Å²) < 4.78 is 27.6. The van der Waals surface area contributed by atoms with E-state index in [1.165, 1.54) is 17.8 Å². The van der Waals surface area contributed by atoms with Crippen LogP contribution in [0.4, 0.5) is 19.3 Å². The molecule has 0 saturated carbocycles. The first-order chi connectivity index (χ1) is 12.3. The molecular weight excluding hydrogens is 364 g/mol. The highest BCUT2D eigenvalue weighted by molar-refractivity contribution is 7.98. The number of carbonyl (C=O) groups is 2. The molecular formula is C17H13F2N3O3S. The molecule has 0 spiro atoms. The van der Waals surface area contributed by atoms with Crippen molar-refractivity contribution in [2.24, 2.45) is 5.73 Å². The number of rotatable bonds is 3. The first-order valence-electron chi connectivity index (χ1n) is 7.31. The summed E-state index contributed by atoms with van der Waals surface area (Å²) >= 11 is 1.29. The van der Waals surface area contributed by atoms with Crippen LogP contribution in [0, 0.1) is 11.6 Å². The third kappa shape index (κ3) is 2.86. The van der Waals surface area contributed by atoms with Crippen molar-refractivity contribution >= 4 is 40.3 Å². The van der Waals surface area contributed by atoms with Crippen molar-refractivity contribution in [3.05, 3.63) is 53.6 Å². The summed E-state index contributed by atoms with van der Waals surface area (Å²) in [5, 5.41) is 13.0. The zero-order valence-electron chi connectivity index (χ0n) is 13.4. The van der Waals surface area contributed by atoms with Crippen LogP contribution in [0.2, 0.25) is 0 Å². The molecule has 134 valence electrons. The molecule has 1 heterocycles. The van der Waals surface area contributed by atoms with Crippen LogP contribution in [-0.4, -0.2) is 27.9 Å². The van der Waals surface area contributed by atoms with Gasteiger partial charge < -0.3 is 16.2 Å². The van der Waals surface area contributed by atoms with Crippen molar-refractivity contribution in [2.45, 2.75) is 4.90 Å². The van der Waals surface area contributed by atoms with E-state index in [1.807, 2.05) is 0 Å². The van der Waals surface area contributed by atoms with Gasteiger partial charge in [0.05, 0.1) is 11.2 Å². The van der Waals surface area contributed by atoms with E-state index in [4.69, 9.17) is 5.73 Å². The topological polar surface area (TPSA) is 97.3 Å². The van der Waals surface area contributed by atoms with Gasteiger partial charge in [-0.1, -0.05) is 6.07 Å². The monoisotopic (exact) mass is 377 g/mol. The van der Waals surface area contributed by atoms with Crippen LogP contribution in [0.5, 0.6) is 5.88 Å². The van der Waals surface area contributed by atoms with Crippen molar-refractivity contribution in [1.82, 2.24) is 4.57 Å². The third-order valence-corrected chi connectivity index (χ3v) is 4.56. The van der Waals surface area contributed by atoms with Gasteiger partial charge in [0.1, 0.15) is 17.2 Å². The van der Waals surface area contributed by atoms with E-state index >= 15 is 0 Å². The molecule has 0 unspecified atom stereocenters. The highest BCUT2D eigenvalue weighted by atomic mass is 32.2. The standard InChI is InChI=1S/C17H13F2N3O3S/c1-26-12-4-2-3-11-13(12)14(16(24)22(11)17(20)25)15(23)21-10-6-5-8(18)7-9(10)19/h2-7,24H,1H3,(H2,20,25)(H,21,23). The molecule has 0 fully saturated rings. The van der Waals surface area contributed by atoms with E-state index in [9.17, 15) is 23.5 Å². The molecule has 2 aromatic carbocycles. The second-order valence-electron chi connectivity index (χ2n) is 5.30. The molecule has 0 bridgehead atoms. The largest absolute Gasteiger partial charge is 0.494 e. The number of primary amides is 1. The zero-order valence-corrected chi connectivity index (χ0v) is 14.2. The zero-order chi connectivity index (χ0) is 19.0. The molecule has 0 aliphatic carbocycles. The number of nitrogens with two attached hydrogens (primary N) is 1. The van der Waals surface area contributed by atoms with Crippen molar-refractivity contribution in [2.75, 3.05) is 11.6 Å². The molecule has 1 aromatic heterocycles. The molecule has 0 aliphatic rings. The number of amides is 2. The second kappa shape index (κ2) is 6.68. The molecule has 0 radical (unpaired) electrons. The highest BCUT2D eigenvalue weighted by Gasteiger charge is 2.27. The number of hydrogen-bond donors (Lipinski definition) is 3. The van der Waals surface area contributed by atoms with Gasteiger partial charge in [-0.15, -0.1) is 11.8 Å². The first-order valence-corrected chi connectivity index (χ1v) is 8.54. The van der Waals surface area contributed by atoms with Gasteiger partial charge >= 0.3 is 6.03 Å². The Morgan fingerprint density at radius 2 is 1.96 bits per heavy atom. The lowest BCUT2D eigenvalue weighted by Gasteiger charge is -2.07. The predicted octanol–water partition coefficient (Wildman–Crippen LogP) is 3.53. The van der Waals surface area contributed by atoms with Gasteiger partial charge in [-0.25, -0.2) is 18.1 Å². The van der Waals surface area contributed by atoms with Gasteiger partial charge in [0.2, 0.25) is 5.88 Å². The Hall–Kier alpha value is -3.07. The summed E-state index contributed by atoms with van der Waals surface area (Å²) in [6.45, 7) is 0. The van der Waals surface area contributed by atoms with Crippen LogP contribution in [0.3, 0.4) is 0 Å². The number of nitrogens with one attached hydrogen (secondary N) is 1. The van der Waals surface area contributed by atoms with E-state index in [0.29, 0.717) is 16.3 Å². The Balaban J connectivity index is 2.19. The molecule has 0 saturated heterocycles. The second-order valence-corrected chi connectivity index (χ2v) is 6.15. The maximum absolute atomic E-state index is 13.8. The Bertz CT molecular complexity index is 1050. The molecule has 0 atom stereocenters. The van der Waals surface area contributed by atoms with Gasteiger partial charge in [0, 0.05) is 16.3 Å². The fourth-order valence-corrected chi connectivity index (χ4v) is 3.30. The summed E-state index contributed by atoms with van der Waals surface area (Å²) in [5.74, 6) is -3.28. The van der Waals surface area contributed by atoms with Gasteiger partial charge in [0.25, 0.3) is 5.91 Å². The fourth-order valence-electron chi connectivity index (χ4n) is 2.68. The van der Waals surface area contributed by atoms with Crippen molar-refractivity contribution in [3.63, 3.8) is 0 Å². The number of hydrogen-bond acceptors (Lipinski definition) is 4. The minimum absolute atomic E-state index is 0.229. The van der Waals surface area contributed by atoms with Crippen molar-refractivity contribution in [1.29, 1.82) is 0 Å². The summed E-state index contributed by atoms with van der Waals surface area (Å²) in [6.07, 6.45) is 1.76. The Morgan fingerprint density at radius 1 is 1.23 bits per heavy atom. The average molecular weight is 377 g/mol. The first kappa shape index (κ1) is 17.7. The van der Waals surface area contributed by atoms with E-state index < -0.39 is 29.5 Å². The lowest BCUT2D eigenvalue weighted by Crippen LogP contribution is -2.19. The van der Waals surface area contributed by atoms with Crippen LogP contribution in [-0.2, 0) is 0 Å². The fraction of sp³-hybridized carbons (Fsp3) is 0.0588. The normalized spacial score (nSPS) is 10.9. The average Bonchev–Trinajstić information content (AvgIpc) is 2.89. The van der Waals surface area contributed by atoms with Crippen LogP contribution in [0.1, 0.15) is 10.4 Å². The number of benzene rings is 2. The van der Waals surface area contributed by atoms with Gasteiger partial charge in [-0.05, 0) is 30.5 Å². The molecule has 9 heteroatoms. The summed E-state index contributed by atoms with van der Waals surface area (Å²) in [7, 11) is 0. The van der Waals surface area contributed by atoms with Crippen LogP contribution in [0.25, 0.3) is 10.9 Å². The summed E-state index contributed by atoms with van der Waals surface area (Å²) in [6, 6.07) is 6.56. The minimum atomic E-state index is -0.974. The number of nitrogens with zero attached hydrogens (tertiary/aromatic N) is 1. The minimum Gasteiger partial charge on any atom is -0.494 e. The number of thioether (sulfide) groups is 1. The van der Waals surface area contributed by atoms with Crippen molar-refractivity contribution in [3.8, 4) is 5.88 Å². The number of anilines is 1. The van der Waals surface area contributed by atoms with E-state index in [-0.39, 0.29) is 16.8 Å². The Morgan fingerprint density at radius 3 is 2.58 bits per heavy atom. The van der Waals surface area contributed by atoms with Gasteiger partial charge in [-0.2, -0.15) is 0 Å². The Labute approximate surface area is 150 Å². The SMILES string of the molecule is CSc1cccc2c1c(C(=O)Nc1ccc(F)cc1F)c(O)n2C(N)=O. The van der Waals surface area contributed by atoms with E-state index in [0.717, 1.165) is 16.7 Å². The lowest BCUT2D eigenvalue weighted by molar-refractivity contribution is 0.102. The summed E-state index contributed by atoms with van der Waals surface area (Å²) in [5.41, 5.74) is 5.05. The third-order valence-electron chi connectivity index (χ3n) is 3.78. The maximum Gasteiger partial charge on any atom is 0.326 e. The van der Waals surface area contributed by atoms with Crippen LogP contribution in [0.15, 0.2) is 41.3 Å². The van der Waals surface area contributed by atoms with Gasteiger partial charge in [0.15, 0.2) is 0 Å². The molecule has 3 rings (SSSR count). The molecule has 26 heavy (non-hydrogen) atoms.